The lowest BCUT2D eigenvalue weighted by Crippen LogP contribution is -2.28. The van der Waals surface area contributed by atoms with Crippen LogP contribution < -0.4 is 0 Å². The first-order valence-electron chi connectivity index (χ1n) is 17.7. The number of carbonyl (C=O) groups is 2. The van der Waals surface area contributed by atoms with Crippen LogP contribution in [0.25, 0.3) is 0 Å². The van der Waals surface area contributed by atoms with Gasteiger partial charge in [0.1, 0.15) is 6.61 Å². The molecule has 45 heavy (non-hydrogen) atoms. The summed E-state index contributed by atoms with van der Waals surface area (Å²) in [4.78, 5) is 24.1. The van der Waals surface area contributed by atoms with Crippen LogP contribution in [0.2, 0.25) is 0 Å². The predicted molar refractivity (Wildman–Crippen MR) is 191 cm³/mol. The van der Waals surface area contributed by atoms with Gasteiger partial charge in [-0.25, -0.2) is 0 Å². The second-order valence-corrected chi connectivity index (χ2v) is 11.4. The van der Waals surface area contributed by atoms with Gasteiger partial charge in [-0.15, -0.1) is 0 Å². The molecule has 0 saturated carbocycles. The zero-order valence-electron chi connectivity index (χ0n) is 28.6. The molecule has 0 saturated heterocycles. The van der Waals surface area contributed by atoms with E-state index in [2.05, 4.69) is 44.2 Å². The quantitative estimate of drug-likeness (QED) is 0.0489. The number of unbranched alkanes of at least 4 members (excludes halogenated alkanes) is 13. The molecular weight excluding hydrogens is 560 g/mol. The van der Waals surface area contributed by atoms with E-state index in [1.807, 2.05) is 54.7 Å². The van der Waals surface area contributed by atoms with E-state index in [0.717, 1.165) is 51.4 Å². The van der Waals surface area contributed by atoms with Crippen molar-refractivity contribution < 1.29 is 24.2 Å². The average Bonchev–Trinajstić information content (AvgIpc) is 3.04. The number of allylic oxidation sites excluding steroid dienone is 14. The Morgan fingerprint density at radius 3 is 1.53 bits per heavy atom. The molecule has 5 nitrogen and oxygen atoms in total. The molecule has 1 N–H and O–H groups in total. The van der Waals surface area contributed by atoms with E-state index >= 15 is 0 Å². The number of rotatable bonds is 30. The number of ether oxygens (including phenoxy) is 2. The zero-order valence-corrected chi connectivity index (χ0v) is 28.6. The minimum Gasteiger partial charge on any atom is -0.462 e. The Morgan fingerprint density at radius 2 is 0.978 bits per heavy atom. The maximum Gasteiger partial charge on any atom is 0.306 e. The highest BCUT2D eigenvalue weighted by Gasteiger charge is 2.15. The minimum absolute atomic E-state index is 0.115. The highest BCUT2D eigenvalue weighted by molar-refractivity contribution is 5.70. The van der Waals surface area contributed by atoms with Gasteiger partial charge in [-0.2, -0.15) is 0 Å². The summed E-state index contributed by atoms with van der Waals surface area (Å²) in [5.41, 5.74) is 0. The van der Waals surface area contributed by atoms with E-state index in [9.17, 15) is 14.7 Å². The summed E-state index contributed by atoms with van der Waals surface area (Å²) in [5.74, 6) is -0.705. The Hall–Kier alpha value is -2.92. The molecule has 0 aliphatic carbocycles. The maximum absolute atomic E-state index is 12.1. The summed E-state index contributed by atoms with van der Waals surface area (Å²) in [6.45, 7) is 3.88. The average molecular weight is 625 g/mol. The van der Waals surface area contributed by atoms with Gasteiger partial charge in [0.05, 0.1) is 6.61 Å². The van der Waals surface area contributed by atoms with E-state index < -0.39 is 6.10 Å². The molecule has 0 aromatic rings. The van der Waals surface area contributed by atoms with Crippen molar-refractivity contribution in [2.75, 3.05) is 13.2 Å². The minimum atomic E-state index is -0.812. The fourth-order valence-electron chi connectivity index (χ4n) is 4.40. The maximum atomic E-state index is 12.1. The molecule has 1 unspecified atom stereocenters. The third-order valence-corrected chi connectivity index (χ3v) is 7.08. The fourth-order valence-corrected chi connectivity index (χ4v) is 4.40. The molecule has 0 bridgehead atoms. The lowest BCUT2D eigenvalue weighted by atomic mass is 10.1. The smallest absolute Gasteiger partial charge is 0.306 e. The van der Waals surface area contributed by atoms with Crippen LogP contribution in [-0.2, 0) is 19.1 Å². The highest BCUT2D eigenvalue weighted by atomic mass is 16.6. The Morgan fingerprint density at radius 1 is 0.533 bits per heavy atom. The molecule has 0 spiro atoms. The van der Waals surface area contributed by atoms with E-state index in [1.54, 1.807) is 0 Å². The van der Waals surface area contributed by atoms with Crippen LogP contribution in [0.1, 0.15) is 136 Å². The number of hydrogen-bond donors (Lipinski definition) is 1. The molecule has 0 aromatic carbocycles. The van der Waals surface area contributed by atoms with Crippen LogP contribution in [0.5, 0.6) is 0 Å². The van der Waals surface area contributed by atoms with Gasteiger partial charge in [-0.1, -0.05) is 157 Å². The Bertz CT molecular complexity index is 890. The van der Waals surface area contributed by atoms with Gasteiger partial charge < -0.3 is 14.6 Å². The summed E-state index contributed by atoms with van der Waals surface area (Å²) < 4.78 is 10.5. The van der Waals surface area contributed by atoms with Gasteiger partial charge in [-0.3, -0.25) is 9.59 Å². The molecule has 0 amide bonds. The molecule has 1 atom stereocenters. The molecule has 0 rings (SSSR count). The molecule has 0 fully saturated rings. The van der Waals surface area contributed by atoms with Crippen molar-refractivity contribution in [1.82, 2.24) is 0 Å². The van der Waals surface area contributed by atoms with Crippen molar-refractivity contribution in [3.8, 4) is 0 Å². The van der Waals surface area contributed by atoms with Gasteiger partial charge in [-0.05, 0) is 51.4 Å². The molecule has 5 heteroatoms. The van der Waals surface area contributed by atoms with Crippen LogP contribution in [0.15, 0.2) is 85.1 Å². The van der Waals surface area contributed by atoms with Crippen molar-refractivity contribution in [1.29, 1.82) is 0 Å². The van der Waals surface area contributed by atoms with Crippen molar-refractivity contribution in [2.45, 2.75) is 142 Å². The van der Waals surface area contributed by atoms with Gasteiger partial charge in [0.25, 0.3) is 0 Å². The van der Waals surface area contributed by atoms with Crippen molar-refractivity contribution >= 4 is 11.9 Å². The number of aliphatic hydroxyl groups excluding tert-OH is 1. The third-order valence-electron chi connectivity index (χ3n) is 7.08. The molecule has 0 radical (unpaired) electrons. The summed E-state index contributed by atoms with van der Waals surface area (Å²) in [6, 6.07) is 0. The topological polar surface area (TPSA) is 72.8 Å². The van der Waals surface area contributed by atoms with Crippen molar-refractivity contribution in [3.63, 3.8) is 0 Å². The highest BCUT2D eigenvalue weighted by Crippen LogP contribution is 2.11. The summed E-state index contributed by atoms with van der Waals surface area (Å²) >= 11 is 0. The lowest BCUT2D eigenvalue weighted by molar-refractivity contribution is -0.161. The number of hydrogen-bond acceptors (Lipinski definition) is 5. The Kier molecular flexibility index (Phi) is 33.3. The van der Waals surface area contributed by atoms with Crippen LogP contribution >= 0.6 is 0 Å². The van der Waals surface area contributed by atoms with E-state index in [0.29, 0.717) is 12.8 Å². The van der Waals surface area contributed by atoms with Gasteiger partial charge >= 0.3 is 11.9 Å². The SMILES string of the molecule is CC/C=C/C=C/C=C/C=C/C=C/CCCC(=O)OCC(CO)OC(=O)CCCCCCC/C=C/C=C/CCCCCCCCC. The molecule has 0 aliphatic rings. The van der Waals surface area contributed by atoms with Crippen LogP contribution in [0.3, 0.4) is 0 Å². The Labute approximate surface area is 275 Å². The standard InChI is InChI=1S/C40H64O5/c1-3-5-7-9-11-13-15-17-18-19-20-21-23-25-27-29-31-33-35-40(43)45-38(36-41)37-44-39(42)34-32-30-28-26-24-22-16-14-12-10-8-6-4-2/h6,8,10,12,14,16,18-22,24,26,28,38,41H,3-5,7,9,11,13,15,17,23,25,27,29-37H2,1-2H3/b8-6+,12-10+,16-14+,19-18+,21-20+,24-22+,28-26+. The summed E-state index contributed by atoms with van der Waals surface area (Å²) in [5, 5.41) is 9.51. The van der Waals surface area contributed by atoms with Crippen LogP contribution in [-0.4, -0.2) is 36.4 Å². The lowest BCUT2D eigenvalue weighted by Gasteiger charge is -2.15. The Balaban J connectivity index is 3.74. The van der Waals surface area contributed by atoms with Crippen LogP contribution in [0.4, 0.5) is 0 Å². The number of carbonyl (C=O) groups excluding carboxylic acids is 2. The van der Waals surface area contributed by atoms with Crippen molar-refractivity contribution in [3.05, 3.63) is 85.1 Å². The number of esters is 2. The third kappa shape index (κ3) is 33.8. The van der Waals surface area contributed by atoms with Gasteiger partial charge in [0.15, 0.2) is 6.10 Å². The first-order chi connectivity index (χ1) is 22.1. The van der Waals surface area contributed by atoms with Gasteiger partial charge in [0, 0.05) is 12.8 Å². The fraction of sp³-hybridized carbons (Fsp3) is 0.600. The van der Waals surface area contributed by atoms with Crippen LogP contribution in [0, 0.1) is 0 Å². The van der Waals surface area contributed by atoms with E-state index in [1.165, 1.54) is 51.4 Å². The number of aliphatic hydroxyl groups is 1. The molecular formula is C40H64O5. The van der Waals surface area contributed by atoms with Crippen molar-refractivity contribution in [2.24, 2.45) is 0 Å². The normalized spacial score (nSPS) is 13.2. The van der Waals surface area contributed by atoms with E-state index in [4.69, 9.17) is 9.47 Å². The molecule has 0 heterocycles. The van der Waals surface area contributed by atoms with Gasteiger partial charge in [0.2, 0.25) is 0 Å². The monoisotopic (exact) mass is 624 g/mol. The predicted octanol–water partition coefficient (Wildman–Crippen LogP) is 10.8. The molecule has 0 aliphatic heterocycles. The van der Waals surface area contributed by atoms with E-state index in [-0.39, 0.29) is 31.6 Å². The first-order valence-corrected chi connectivity index (χ1v) is 17.7. The summed E-state index contributed by atoms with van der Waals surface area (Å²) in [6.07, 6.45) is 47.9. The first kappa shape index (κ1) is 42.1. The largest absolute Gasteiger partial charge is 0.462 e. The molecule has 0 aromatic heterocycles. The summed E-state index contributed by atoms with van der Waals surface area (Å²) in [7, 11) is 0. The second kappa shape index (κ2) is 35.6. The molecule has 254 valence electrons. The second-order valence-electron chi connectivity index (χ2n) is 11.4. The zero-order chi connectivity index (χ0) is 32.9.